The van der Waals surface area contributed by atoms with Crippen molar-refractivity contribution in [3.63, 3.8) is 0 Å². The molecular formula is C13H21N3O. The van der Waals surface area contributed by atoms with Gasteiger partial charge in [0.1, 0.15) is 0 Å². The van der Waals surface area contributed by atoms with E-state index < -0.39 is 0 Å². The minimum atomic E-state index is 0.0419. The summed E-state index contributed by atoms with van der Waals surface area (Å²) >= 11 is 0. The average molecular weight is 235 g/mol. The highest BCUT2D eigenvalue weighted by Crippen LogP contribution is 2.17. The molecule has 17 heavy (non-hydrogen) atoms. The van der Waals surface area contributed by atoms with Gasteiger partial charge in [0.05, 0.1) is 18.0 Å². The zero-order valence-electron chi connectivity index (χ0n) is 10.4. The van der Waals surface area contributed by atoms with Crippen molar-refractivity contribution in [3.05, 3.63) is 24.3 Å². The Balaban J connectivity index is 1.67. The largest absolute Gasteiger partial charge is 0.372 e. The van der Waals surface area contributed by atoms with Gasteiger partial charge in [-0.25, -0.2) is 0 Å². The summed E-state index contributed by atoms with van der Waals surface area (Å²) in [5.41, 5.74) is 0.911. The molecule has 4 nitrogen and oxygen atoms in total. The number of aromatic nitrogens is 2. The van der Waals surface area contributed by atoms with E-state index in [1.54, 1.807) is 18.6 Å². The van der Waals surface area contributed by atoms with Crippen LogP contribution < -0.4 is 5.32 Å². The van der Waals surface area contributed by atoms with Crippen LogP contribution in [-0.4, -0.2) is 29.7 Å². The predicted octanol–water partition coefficient (Wildman–Crippen LogP) is 1.94. The van der Waals surface area contributed by atoms with Crippen LogP contribution in [0.2, 0.25) is 0 Å². The molecule has 0 spiro atoms. The van der Waals surface area contributed by atoms with Crippen LogP contribution in [0.4, 0.5) is 0 Å². The van der Waals surface area contributed by atoms with Gasteiger partial charge in [-0.15, -0.1) is 0 Å². The van der Waals surface area contributed by atoms with Crippen LogP contribution in [0.25, 0.3) is 0 Å². The molecule has 1 aliphatic heterocycles. The van der Waals surface area contributed by atoms with E-state index in [0.29, 0.717) is 0 Å². The molecule has 1 aromatic rings. The predicted molar refractivity (Wildman–Crippen MR) is 66.6 cm³/mol. The summed E-state index contributed by atoms with van der Waals surface area (Å²) in [7, 11) is 0. The number of hydrogen-bond donors (Lipinski definition) is 1. The van der Waals surface area contributed by atoms with Crippen molar-refractivity contribution in [2.45, 2.75) is 32.3 Å². The summed E-state index contributed by atoms with van der Waals surface area (Å²) in [5, 5.41) is 3.43. The van der Waals surface area contributed by atoms with Crippen molar-refractivity contribution in [1.29, 1.82) is 0 Å². The molecular weight excluding hydrogens is 214 g/mol. The second kappa shape index (κ2) is 6.67. The third-order valence-electron chi connectivity index (χ3n) is 3.29. The zero-order chi connectivity index (χ0) is 11.9. The molecule has 0 bridgehead atoms. The van der Waals surface area contributed by atoms with Crippen molar-refractivity contribution in [2.75, 3.05) is 19.7 Å². The van der Waals surface area contributed by atoms with Crippen LogP contribution in [0.3, 0.4) is 0 Å². The standard InChI is InChI=1S/C13H21N3O/c1-11(13-10-15-6-7-16-13)17-8-4-12-3-2-5-14-9-12/h6-7,10-12,14H,2-5,8-9H2,1H3/t11-,12+/m1/s1. The highest BCUT2D eigenvalue weighted by molar-refractivity contribution is 4.97. The first kappa shape index (κ1) is 12.5. The van der Waals surface area contributed by atoms with E-state index in [-0.39, 0.29) is 6.10 Å². The van der Waals surface area contributed by atoms with Crippen LogP contribution in [0.5, 0.6) is 0 Å². The summed E-state index contributed by atoms with van der Waals surface area (Å²) in [4.78, 5) is 8.30. The fraction of sp³-hybridized carbons (Fsp3) is 0.692. The van der Waals surface area contributed by atoms with E-state index in [1.165, 1.54) is 19.4 Å². The van der Waals surface area contributed by atoms with E-state index >= 15 is 0 Å². The molecule has 94 valence electrons. The Morgan fingerprint density at radius 3 is 3.18 bits per heavy atom. The van der Waals surface area contributed by atoms with Gasteiger partial charge in [-0.3, -0.25) is 9.97 Å². The lowest BCUT2D eigenvalue weighted by Crippen LogP contribution is -2.30. The van der Waals surface area contributed by atoms with Crippen LogP contribution >= 0.6 is 0 Å². The molecule has 0 radical (unpaired) electrons. The highest BCUT2D eigenvalue weighted by Gasteiger charge is 2.13. The number of hydrogen-bond acceptors (Lipinski definition) is 4. The molecule has 4 heteroatoms. The maximum atomic E-state index is 5.80. The van der Waals surface area contributed by atoms with Gasteiger partial charge in [0.15, 0.2) is 0 Å². The van der Waals surface area contributed by atoms with Gasteiger partial charge >= 0.3 is 0 Å². The van der Waals surface area contributed by atoms with Crippen molar-refractivity contribution in [2.24, 2.45) is 5.92 Å². The third kappa shape index (κ3) is 4.06. The average Bonchev–Trinajstić information content (AvgIpc) is 2.41. The molecule has 0 saturated carbocycles. The molecule has 1 fully saturated rings. The fourth-order valence-corrected chi connectivity index (χ4v) is 2.19. The van der Waals surface area contributed by atoms with Crippen molar-refractivity contribution < 1.29 is 4.74 Å². The number of rotatable bonds is 5. The van der Waals surface area contributed by atoms with Crippen LogP contribution in [0, 0.1) is 5.92 Å². The van der Waals surface area contributed by atoms with Crippen molar-refractivity contribution >= 4 is 0 Å². The van der Waals surface area contributed by atoms with Gasteiger partial charge in [-0.1, -0.05) is 0 Å². The maximum Gasteiger partial charge on any atom is 0.0982 e. The van der Waals surface area contributed by atoms with Gasteiger partial charge in [0, 0.05) is 19.0 Å². The monoisotopic (exact) mass is 235 g/mol. The van der Waals surface area contributed by atoms with Gasteiger partial charge in [-0.2, -0.15) is 0 Å². The smallest absolute Gasteiger partial charge is 0.0982 e. The van der Waals surface area contributed by atoms with Crippen molar-refractivity contribution in [3.8, 4) is 0 Å². The molecule has 1 aliphatic rings. The lowest BCUT2D eigenvalue weighted by molar-refractivity contribution is 0.0510. The SMILES string of the molecule is C[C@@H](OCC[C@@H]1CCCNC1)c1cnccn1. The lowest BCUT2D eigenvalue weighted by Gasteiger charge is -2.23. The van der Waals surface area contributed by atoms with E-state index in [9.17, 15) is 0 Å². The molecule has 1 aromatic heterocycles. The second-order valence-corrected chi connectivity index (χ2v) is 4.64. The Bertz CT molecular complexity index is 312. The van der Waals surface area contributed by atoms with Gasteiger partial charge in [0.25, 0.3) is 0 Å². The van der Waals surface area contributed by atoms with Gasteiger partial charge in [-0.05, 0) is 45.2 Å². The minimum absolute atomic E-state index is 0.0419. The van der Waals surface area contributed by atoms with Crippen molar-refractivity contribution in [1.82, 2.24) is 15.3 Å². The Kier molecular flexibility index (Phi) is 4.88. The Labute approximate surface area is 103 Å². The molecule has 2 rings (SSSR count). The summed E-state index contributed by atoms with van der Waals surface area (Å²) in [5.74, 6) is 0.776. The maximum absolute atomic E-state index is 5.80. The van der Waals surface area contributed by atoms with E-state index in [4.69, 9.17) is 4.74 Å². The van der Waals surface area contributed by atoms with Crippen LogP contribution in [-0.2, 0) is 4.74 Å². The zero-order valence-corrected chi connectivity index (χ0v) is 10.4. The highest BCUT2D eigenvalue weighted by atomic mass is 16.5. The van der Waals surface area contributed by atoms with E-state index in [2.05, 4.69) is 15.3 Å². The lowest BCUT2D eigenvalue weighted by atomic mass is 9.97. The molecule has 0 amide bonds. The second-order valence-electron chi connectivity index (χ2n) is 4.64. The first-order valence-electron chi connectivity index (χ1n) is 6.44. The quantitative estimate of drug-likeness (QED) is 0.847. The Morgan fingerprint density at radius 2 is 2.47 bits per heavy atom. The number of ether oxygens (including phenoxy) is 1. The third-order valence-corrected chi connectivity index (χ3v) is 3.29. The summed E-state index contributed by atoms with van der Waals surface area (Å²) < 4.78 is 5.80. The normalized spacial score (nSPS) is 22.3. The van der Waals surface area contributed by atoms with E-state index in [0.717, 1.165) is 31.2 Å². The summed E-state index contributed by atoms with van der Waals surface area (Å²) in [6.45, 7) is 5.16. The number of nitrogens with one attached hydrogen (secondary N) is 1. The molecule has 0 aromatic carbocycles. The first-order valence-corrected chi connectivity index (χ1v) is 6.44. The molecule has 2 atom stereocenters. The van der Waals surface area contributed by atoms with E-state index in [1.807, 2.05) is 6.92 Å². The van der Waals surface area contributed by atoms with Crippen LogP contribution in [0.15, 0.2) is 18.6 Å². The molecule has 0 unspecified atom stereocenters. The topological polar surface area (TPSA) is 47.0 Å². The molecule has 0 aliphatic carbocycles. The van der Waals surface area contributed by atoms with Gasteiger partial charge in [0.2, 0.25) is 0 Å². The Morgan fingerprint density at radius 1 is 1.53 bits per heavy atom. The Hall–Kier alpha value is -1.00. The molecule has 1 N–H and O–H groups in total. The molecule has 1 saturated heterocycles. The fourth-order valence-electron chi connectivity index (χ4n) is 2.19. The number of piperidine rings is 1. The number of nitrogens with zero attached hydrogens (tertiary/aromatic N) is 2. The first-order chi connectivity index (χ1) is 8.36. The van der Waals surface area contributed by atoms with Crippen LogP contribution in [0.1, 0.15) is 38.0 Å². The van der Waals surface area contributed by atoms with Gasteiger partial charge < -0.3 is 10.1 Å². The molecule has 2 heterocycles. The summed E-state index contributed by atoms with van der Waals surface area (Å²) in [6, 6.07) is 0. The minimum Gasteiger partial charge on any atom is -0.372 e. The summed E-state index contributed by atoms with van der Waals surface area (Å²) in [6.07, 6.45) is 8.97.